The summed E-state index contributed by atoms with van der Waals surface area (Å²) in [5, 5.41) is 8.88. The van der Waals surface area contributed by atoms with E-state index in [9.17, 15) is 13.2 Å². The number of halogens is 4. The van der Waals surface area contributed by atoms with Crippen molar-refractivity contribution in [2.75, 3.05) is 6.54 Å². The number of alkyl halides is 3. The molecule has 11 heteroatoms. The van der Waals surface area contributed by atoms with Crippen molar-refractivity contribution in [3.05, 3.63) is 16.5 Å². The molecule has 1 amide bonds. The van der Waals surface area contributed by atoms with Gasteiger partial charge in [0.15, 0.2) is 0 Å². The molecule has 1 rings (SSSR count). The molecule has 0 bridgehead atoms. The van der Waals surface area contributed by atoms with Crippen LogP contribution in [0.25, 0.3) is 0 Å². The van der Waals surface area contributed by atoms with Gasteiger partial charge in [-0.1, -0.05) is 46.4 Å². The van der Waals surface area contributed by atoms with E-state index in [-0.39, 0.29) is 12.9 Å². The maximum absolute atomic E-state index is 12.0. The van der Waals surface area contributed by atoms with Crippen LogP contribution in [0.2, 0.25) is 4.34 Å². The summed E-state index contributed by atoms with van der Waals surface area (Å²) in [4.78, 5) is 10.9. The van der Waals surface area contributed by atoms with Crippen molar-refractivity contribution < 1.29 is 18.3 Å². The quantitative estimate of drug-likeness (QED) is 0.824. The topological polar surface area (TPSA) is 74.7 Å². The molecule has 0 aliphatic rings. The third-order valence-electron chi connectivity index (χ3n) is 1.63. The molecule has 0 aliphatic heterocycles. The Labute approximate surface area is 127 Å². The van der Waals surface area contributed by atoms with Gasteiger partial charge in [0.2, 0.25) is 3.79 Å². The van der Waals surface area contributed by atoms with Crippen LogP contribution in [0.15, 0.2) is 16.3 Å². The summed E-state index contributed by atoms with van der Waals surface area (Å²) in [6.07, 6.45) is -1.74. The molecular formula is C7H5Cl4NO4S2. The van der Waals surface area contributed by atoms with E-state index in [4.69, 9.17) is 51.5 Å². The molecule has 1 N–H and O–H groups in total. The molecule has 0 fully saturated rings. The van der Waals surface area contributed by atoms with Crippen molar-refractivity contribution in [2.45, 2.75) is 8.00 Å². The summed E-state index contributed by atoms with van der Waals surface area (Å²) in [6.45, 7) is -0.815. The number of thiophene rings is 1. The standard InChI is InChI=1S/C7H5Cl4NO4S2/c8-4-1-2-5(17-4)18(15,16)12(6(13)14)3-7(9,10)11/h1-2H,3H2,(H,13,14). The van der Waals surface area contributed by atoms with Crippen LogP contribution in [0.4, 0.5) is 4.79 Å². The van der Waals surface area contributed by atoms with Crippen molar-refractivity contribution in [3.8, 4) is 0 Å². The lowest BCUT2D eigenvalue weighted by molar-refractivity contribution is 0.173. The van der Waals surface area contributed by atoms with E-state index in [1.54, 1.807) is 0 Å². The van der Waals surface area contributed by atoms with Crippen LogP contribution in [0.1, 0.15) is 0 Å². The number of rotatable bonds is 3. The monoisotopic (exact) mass is 371 g/mol. The minimum absolute atomic E-state index is 0.0577. The fourth-order valence-electron chi connectivity index (χ4n) is 0.963. The van der Waals surface area contributed by atoms with Gasteiger partial charge in [-0.2, -0.15) is 12.7 Å². The molecule has 0 atom stereocenters. The predicted molar refractivity (Wildman–Crippen MR) is 71.5 cm³/mol. The van der Waals surface area contributed by atoms with Crippen molar-refractivity contribution in [3.63, 3.8) is 0 Å². The van der Waals surface area contributed by atoms with Crippen LogP contribution < -0.4 is 0 Å². The minimum atomic E-state index is -4.30. The first-order valence-corrected chi connectivity index (χ1v) is 7.88. The molecule has 18 heavy (non-hydrogen) atoms. The van der Waals surface area contributed by atoms with Crippen LogP contribution >= 0.6 is 57.7 Å². The fraction of sp³-hybridized carbons (Fsp3) is 0.286. The number of carboxylic acid groups (broad SMARTS) is 1. The van der Waals surface area contributed by atoms with Crippen LogP contribution in [0, 0.1) is 0 Å². The van der Waals surface area contributed by atoms with E-state index >= 15 is 0 Å². The second kappa shape index (κ2) is 5.60. The number of hydrogen-bond acceptors (Lipinski definition) is 4. The molecule has 1 aromatic heterocycles. The van der Waals surface area contributed by atoms with Crippen molar-refractivity contribution in [1.29, 1.82) is 0 Å². The zero-order valence-corrected chi connectivity index (χ0v) is 13.0. The van der Waals surface area contributed by atoms with E-state index in [2.05, 4.69) is 0 Å². The first-order chi connectivity index (χ1) is 8.04. The summed E-state index contributed by atoms with van der Waals surface area (Å²) in [6, 6.07) is 2.51. The van der Waals surface area contributed by atoms with Gasteiger partial charge in [0.1, 0.15) is 4.21 Å². The first kappa shape index (κ1) is 16.1. The average molecular weight is 373 g/mol. The maximum Gasteiger partial charge on any atom is 0.421 e. The van der Waals surface area contributed by atoms with E-state index in [0.29, 0.717) is 11.3 Å². The van der Waals surface area contributed by atoms with E-state index in [1.807, 2.05) is 0 Å². The zero-order valence-electron chi connectivity index (χ0n) is 8.31. The van der Waals surface area contributed by atoms with Crippen molar-refractivity contribution in [2.24, 2.45) is 0 Å². The second-order valence-electron chi connectivity index (χ2n) is 2.97. The largest absolute Gasteiger partial charge is 0.464 e. The van der Waals surface area contributed by atoms with E-state index in [1.165, 1.54) is 12.1 Å². The Balaban J connectivity index is 3.17. The molecule has 1 aromatic rings. The van der Waals surface area contributed by atoms with E-state index < -0.39 is 26.5 Å². The molecule has 0 aromatic carbocycles. The van der Waals surface area contributed by atoms with Crippen molar-refractivity contribution >= 4 is 73.9 Å². The van der Waals surface area contributed by atoms with Gasteiger partial charge in [0, 0.05) is 0 Å². The van der Waals surface area contributed by atoms with Crippen LogP contribution in [0.5, 0.6) is 0 Å². The lowest BCUT2D eigenvalue weighted by atomic mass is 10.7. The molecule has 0 radical (unpaired) electrons. The Bertz CT molecular complexity index is 550. The highest BCUT2D eigenvalue weighted by atomic mass is 35.6. The van der Waals surface area contributed by atoms with Gasteiger partial charge < -0.3 is 5.11 Å². The minimum Gasteiger partial charge on any atom is -0.464 e. The lowest BCUT2D eigenvalue weighted by Crippen LogP contribution is -2.41. The summed E-state index contributed by atoms with van der Waals surface area (Å²) in [7, 11) is -4.30. The molecular weight excluding hydrogens is 368 g/mol. The SMILES string of the molecule is O=C(O)N(CC(Cl)(Cl)Cl)S(=O)(=O)c1ccc(Cl)s1. The van der Waals surface area contributed by atoms with Crippen molar-refractivity contribution in [1.82, 2.24) is 4.31 Å². The third kappa shape index (κ3) is 4.04. The Morgan fingerprint density at radius 3 is 2.28 bits per heavy atom. The molecule has 0 aliphatic carbocycles. The Hall–Kier alpha value is 0.0800. The molecule has 0 saturated carbocycles. The Morgan fingerprint density at radius 1 is 1.39 bits per heavy atom. The molecule has 5 nitrogen and oxygen atoms in total. The molecule has 0 unspecified atom stereocenters. The van der Waals surface area contributed by atoms with Gasteiger partial charge in [-0.3, -0.25) is 0 Å². The Morgan fingerprint density at radius 2 is 1.94 bits per heavy atom. The predicted octanol–water partition coefficient (Wildman–Crippen LogP) is 3.44. The second-order valence-corrected chi connectivity index (χ2v) is 9.29. The van der Waals surface area contributed by atoms with Gasteiger partial charge in [-0.15, -0.1) is 11.3 Å². The molecule has 102 valence electrons. The summed E-state index contributed by atoms with van der Waals surface area (Å²) in [5.41, 5.74) is 0. The van der Waals surface area contributed by atoms with Gasteiger partial charge in [-0.05, 0) is 12.1 Å². The Kier molecular flexibility index (Phi) is 5.02. The summed E-state index contributed by atoms with van der Waals surface area (Å²) in [5.74, 6) is 0. The third-order valence-corrected chi connectivity index (χ3v) is 5.41. The maximum atomic E-state index is 12.0. The van der Waals surface area contributed by atoms with Gasteiger partial charge >= 0.3 is 6.09 Å². The summed E-state index contributed by atoms with van der Waals surface area (Å²) < 4.78 is 21.9. The lowest BCUT2D eigenvalue weighted by Gasteiger charge is -2.22. The molecule has 0 saturated heterocycles. The van der Waals surface area contributed by atoms with Gasteiger partial charge in [0.25, 0.3) is 10.0 Å². The number of nitrogens with zero attached hydrogens (tertiary/aromatic N) is 1. The highest BCUT2D eigenvalue weighted by Crippen LogP contribution is 2.32. The zero-order chi connectivity index (χ0) is 14.1. The average Bonchev–Trinajstić information content (AvgIpc) is 2.60. The highest BCUT2D eigenvalue weighted by molar-refractivity contribution is 7.91. The number of amides is 1. The highest BCUT2D eigenvalue weighted by Gasteiger charge is 2.36. The molecule has 1 heterocycles. The van der Waals surface area contributed by atoms with E-state index in [0.717, 1.165) is 0 Å². The number of sulfonamides is 1. The normalized spacial score (nSPS) is 12.4. The van der Waals surface area contributed by atoms with Crippen LogP contribution in [-0.2, 0) is 10.0 Å². The fourth-order valence-corrected chi connectivity index (χ4v) is 4.44. The van der Waals surface area contributed by atoms with Crippen LogP contribution in [-0.4, -0.2) is 34.3 Å². The molecule has 0 spiro atoms. The first-order valence-electron chi connectivity index (χ1n) is 4.12. The number of carbonyl (C=O) groups is 1. The number of hydrogen-bond donors (Lipinski definition) is 1. The summed E-state index contributed by atoms with van der Waals surface area (Å²) >= 11 is 22.5. The van der Waals surface area contributed by atoms with Crippen LogP contribution in [0.3, 0.4) is 0 Å². The van der Waals surface area contributed by atoms with Gasteiger partial charge in [0.05, 0.1) is 10.9 Å². The smallest absolute Gasteiger partial charge is 0.421 e. The van der Waals surface area contributed by atoms with Gasteiger partial charge in [-0.25, -0.2) is 4.79 Å².